The number of ether oxygens (including phenoxy) is 1. The van der Waals surface area contributed by atoms with Crippen LogP contribution in [0.15, 0.2) is 53.5 Å². The van der Waals surface area contributed by atoms with E-state index in [1.165, 1.54) is 29.2 Å². The van der Waals surface area contributed by atoms with Crippen molar-refractivity contribution in [3.8, 4) is 5.75 Å². The van der Waals surface area contributed by atoms with Crippen molar-refractivity contribution in [2.75, 3.05) is 7.11 Å². The Balaban J connectivity index is 1.84. The van der Waals surface area contributed by atoms with Gasteiger partial charge in [-0.15, -0.1) is 0 Å². The lowest BCUT2D eigenvalue weighted by Gasteiger charge is -2.27. The second-order valence-electron chi connectivity index (χ2n) is 6.96. The summed E-state index contributed by atoms with van der Waals surface area (Å²) in [5.41, 5.74) is 3.48. The zero-order valence-electron chi connectivity index (χ0n) is 16.7. The van der Waals surface area contributed by atoms with E-state index in [1.54, 1.807) is 24.7 Å². The molecule has 0 fully saturated rings. The SMILES string of the molecule is COc1ccc(CN2C(=O)c3nc(N=CNO)cc(Cl)c3C2c2cc(F)ccc2Cl)cc1. The van der Waals surface area contributed by atoms with Gasteiger partial charge in [0.1, 0.15) is 23.6 Å². The van der Waals surface area contributed by atoms with Gasteiger partial charge in [-0.1, -0.05) is 35.3 Å². The number of aromatic nitrogens is 1. The van der Waals surface area contributed by atoms with Crippen LogP contribution in [0, 0.1) is 5.82 Å². The van der Waals surface area contributed by atoms with Gasteiger partial charge in [-0.2, -0.15) is 0 Å². The molecule has 7 nitrogen and oxygen atoms in total. The Hall–Kier alpha value is -3.20. The van der Waals surface area contributed by atoms with Crippen molar-refractivity contribution >= 4 is 41.3 Å². The number of halogens is 3. The number of hydroxylamine groups is 1. The van der Waals surface area contributed by atoms with E-state index in [0.29, 0.717) is 21.9 Å². The van der Waals surface area contributed by atoms with Crippen molar-refractivity contribution in [2.24, 2.45) is 4.99 Å². The van der Waals surface area contributed by atoms with Crippen molar-refractivity contribution in [2.45, 2.75) is 12.6 Å². The van der Waals surface area contributed by atoms with Crippen LogP contribution in [0.3, 0.4) is 0 Å². The molecule has 1 aromatic heterocycles. The van der Waals surface area contributed by atoms with Gasteiger partial charge in [0.05, 0.1) is 18.2 Å². The molecule has 4 rings (SSSR count). The molecular formula is C22H17Cl2FN4O3. The molecule has 3 aromatic rings. The van der Waals surface area contributed by atoms with Gasteiger partial charge in [0.2, 0.25) is 0 Å². The second kappa shape index (κ2) is 9.12. The lowest BCUT2D eigenvalue weighted by Crippen LogP contribution is -2.28. The summed E-state index contributed by atoms with van der Waals surface area (Å²) < 4.78 is 19.3. The summed E-state index contributed by atoms with van der Waals surface area (Å²) in [6, 6.07) is 11.9. The molecule has 32 heavy (non-hydrogen) atoms. The molecular weight excluding hydrogens is 458 g/mol. The Bertz CT molecular complexity index is 1200. The Morgan fingerprint density at radius 2 is 1.97 bits per heavy atom. The van der Waals surface area contributed by atoms with Gasteiger partial charge in [-0.05, 0) is 35.9 Å². The Morgan fingerprint density at radius 1 is 1.22 bits per heavy atom. The summed E-state index contributed by atoms with van der Waals surface area (Å²) in [6.45, 7) is 0.198. The molecule has 1 unspecified atom stereocenters. The lowest BCUT2D eigenvalue weighted by molar-refractivity contribution is 0.0732. The Labute approximate surface area is 193 Å². The van der Waals surface area contributed by atoms with Crippen molar-refractivity contribution in [3.63, 3.8) is 0 Å². The third-order valence-corrected chi connectivity index (χ3v) is 5.72. The number of benzene rings is 2. The number of carbonyl (C=O) groups is 1. The van der Waals surface area contributed by atoms with Gasteiger partial charge in [0.25, 0.3) is 5.91 Å². The molecule has 1 atom stereocenters. The van der Waals surface area contributed by atoms with Gasteiger partial charge >= 0.3 is 0 Å². The Kier molecular flexibility index (Phi) is 6.27. The zero-order valence-corrected chi connectivity index (χ0v) is 18.2. The molecule has 1 amide bonds. The molecule has 2 N–H and O–H groups in total. The first-order valence-corrected chi connectivity index (χ1v) is 10.2. The molecule has 1 aliphatic heterocycles. The smallest absolute Gasteiger partial charge is 0.274 e. The number of nitrogens with one attached hydrogen (secondary N) is 1. The highest BCUT2D eigenvalue weighted by molar-refractivity contribution is 6.33. The number of fused-ring (bicyclic) bond motifs is 1. The largest absolute Gasteiger partial charge is 0.497 e. The van der Waals surface area contributed by atoms with E-state index in [-0.39, 0.29) is 23.1 Å². The highest BCUT2D eigenvalue weighted by Gasteiger charge is 2.42. The summed E-state index contributed by atoms with van der Waals surface area (Å²) in [7, 11) is 1.57. The average Bonchev–Trinajstić information content (AvgIpc) is 3.06. The quantitative estimate of drug-likeness (QED) is 0.300. The number of nitrogens with zero attached hydrogens (tertiary/aromatic N) is 3. The van der Waals surface area contributed by atoms with E-state index in [1.807, 2.05) is 12.1 Å². The molecule has 0 radical (unpaired) electrons. The molecule has 0 saturated heterocycles. The van der Waals surface area contributed by atoms with E-state index in [9.17, 15) is 9.18 Å². The maximum Gasteiger partial charge on any atom is 0.274 e. The maximum atomic E-state index is 14.1. The summed E-state index contributed by atoms with van der Waals surface area (Å²) in [6.07, 6.45) is 1.00. The first kappa shape index (κ1) is 22.0. The maximum absolute atomic E-state index is 14.1. The summed E-state index contributed by atoms with van der Waals surface area (Å²) in [5.74, 6) is -0.0932. The predicted octanol–water partition coefficient (Wildman–Crippen LogP) is 4.92. The minimum absolute atomic E-state index is 0.0847. The van der Waals surface area contributed by atoms with Crippen LogP contribution < -0.4 is 10.2 Å². The molecule has 0 saturated carbocycles. The van der Waals surface area contributed by atoms with Gasteiger partial charge in [-0.3, -0.25) is 15.5 Å². The number of carbonyl (C=O) groups excluding carboxylic acids is 1. The lowest BCUT2D eigenvalue weighted by atomic mass is 9.99. The summed E-state index contributed by atoms with van der Waals surface area (Å²) in [4.78, 5) is 23.1. The molecule has 10 heteroatoms. The van der Waals surface area contributed by atoms with E-state index in [2.05, 4.69) is 9.98 Å². The molecule has 2 aromatic carbocycles. The summed E-state index contributed by atoms with van der Waals surface area (Å²) >= 11 is 12.9. The van der Waals surface area contributed by atoms with Crippen molar-refractivity contribution < 1.29 is 19.1 Å². The molecule has 164 valence electrons. The number of methoxy groups -OCH3 is 1. The van der Waals surface area contributed by atoms with E-state index in [4.69, 9.17) is 33.1 Å². The van der Waals surface area contributed by atoms with Crippen molar-refractivity contribution in [1.29, 1.82) is 0 Å². The van der Waals surface area contributed by atoms with Crippen molar-refractivity contribution in [3.05, 3.63) is 86.8 Å². The summed E-state index contributed by atoms with van der Waals surface area (Å²) in [5, 5.41) is 9.25. The molecule has 0 spiro atoms. The van der Waals surface area contributed by atoms with Gasteiger partial charge < -0.3 is 9.64 Å². The zero-order chi connectivity index (χ0) is 22.8. The number of hydrogen-bond acceptors (Lipinski definition) is 5. The van der Waals surface area contributed by atoms with E-state index in [0.717, 1.165) is 11.9 Å². The normalized spacial score (nSPS) is 15.3. The first-order chi connectivity index (χ1) is 15.4. The number of aliphatic imine (C=N–C) groups is 1. The number of amides is 1. The number of rotatable bonds is 6. The second-order valence-corrected chi connectivity index (χ2v) is 7.78. The molecule has 1 aliphatic rings. The monoisotopic (exact) mass is 474 g/mol. The van der Waals surface area contributed by atoms with Gasteiger partial charge in [0.15, 0.2) is 5.82 Å². The third-order valence-electron chi connectivity index (χ3n) is 5.06. The highest BCUT2D eigenvalue weighted by atomic mass is 35.5. The van der Waals surface area contributed by atoms with Crippen LogP contribution >= 0.6 is 23.2 Å². The molecule has 0 aliphatic carbocycles. The fourth-order valence-electron chi connectivity index (χ4n) is 3.64. The van der Waals surface area contributed by atoms with Gasteiger partial charge in [0, 0.05) is 28.8 Å². The molecule has 0 bridgehead atoms. The van der Waals surface area contributed by atoms with Crippen molar-refractivity contribution in [1.82, 2.24) is 15.4 Å². The predicted molar refractivity (Wildman–Crippen MR) is 118 cm³/mol. The third kappa shape index (κ3) is 4.12. The van der Waals surface area contributed by atoms with Crippen LogP contribution in [0.2, 0.25) is 10.0 Å². The average molecular weight is 475 g/mol. The standard InChI is InChI=1S/C22H17Cl2FN4O3/c1-32-14-5-2-12(3-6-14)10-29-21(15-8-13(25)4-7-16(15)23)19-17(24)9-18(26-11-27-31)28-20(19)22(29)30/h2-9,11,21,31H,10H2,1H3,(H,26,27,28). The first-order valence-electron chi connectivity index (χ1n) is 9.44. The highest BCUT2D eigenvalue weighted by Crippen LogP contribution is 2.45. The van der Waals surface area contributed by atoms with Crippen LogP contribution in [-0.2, 0) is 6.54 Å². The fraction of sp³-hybridized carbons (Fsp3) is 0.136. The minimum Gasteiger partial charge on any atom is -0.497 e. The minimum atomic E-state index is -0.753. The topological polar surface area (TPSA) is 87.0 Å². The van der Waals surface area contributed by atoms with E-state index < -0.39 is 17.8 Å². The van der Waals surface area contributed by atoms with Gasteiger partial charge in [-0.25, -0.2) is 14.4 Å². The van der Waals surface area contributed by atoms with Crippen LogP contribution in [0.25, 0.3) is 0 Å². The van der Waals surface area contributed by atoms with E-state index >= 15 is 0 Å². The van der Waals surface area contributed by atoms with Crippen LogP contribution in [0.5, 0.6) is 5.75 Å². The van der Waals surface area contributed by atoms with Crippen LogP contribution in [0.4, 0.5) is 10.2 Å². The van der Waals surface area contributed by atoms with Crippen LogP contribution in [-0.4, -0.2) is 34.4 Å². The van der Waals surface area contributed by atoms with Crippen LogP contribution in [0.1, 0.15) is 33.2 Å². The Morgan fingerprint density at radius 3 is 2.66 bits per heavy atom. The number of hydrogen-bond donors (Lipinski definition) is 2. The molecule has 2 heterocycles. The number of pyridine rings is 1. The fourth-order valence-corrected chi connectivity index (χ4v) is 4.15.